The van der Waals surface area contributed by atoms with E-state index in [1.54, 1.807) is 12.1 Å². The molecule has 0 aliphatic carbocycles. The number of benzene rings is 1. The monoisotopic (exact) mass is 279 g/mol. The molecule has 0 radical (unpaired) electrons. The third kappa shape index (κ3) is 2.98. The van der Waals surface area contributed by atoms with E-state index in [4.69, 9.17) is 5.84 Å². The molecule has 0 aliphatic rings. The summed E-state index contributed by atoms with van der Waals surface area (Å²) in [5, 5.41) is 0. The number of hydrogen-bond acceptors (Lipinski definition) is 6. The lowest BCUT2D eigenvalue weighted by Gasteiger charge is -2.09. The minimum Gasteiger partial charge on any atom is -0.292 e. The molecule has 0 bridgehead atoms. The Labute approximate surface area is 110 Å². The van der Waals surface area contributed by atoms with Crippen molar-refractivity contribution in [1.29, 1.82) is 0 Å². The summed E-state index contributed by atoms with van der Waals surface area (Å²) < 4.78 is 26.7. The van der Waals surface area contributed by atoms with Crippen molar-refractivity contribution in [2.75, 3.05) is 10.1 Å². The molecule has 19 heavy (non-hydrogen) atoms. The number of hydrazine groups is 1. The SMILES string of the molecule is Cc1ccccc1NS(=O)(=O)c1cnc(NN)nc1. The number of anilines is 2. The zero-order valence-corrected chi connectivity index (χ0v) is 11.0. The van der Waals surface area contributed by atoms with E-state index < -0.39 is 10.0 Å². The van der Waals surface area contributed by atoms with Crippen LogP contribution >= 0.6 is 0 Å². The number of aryl methyl sites for hydroxylation is 1. The van der Waals surface area contributed by atoms with Crippen LogP contribution in [0.1, 0.15) is 5.56 Å². The molecular weight excluding hydrogens is 266 g/mol. The van der Waals surface area contributed by atoms with Gasteiger partial charge in [-0.15, -0.1) is 0 Å². The maximum atomic E-state index is 12.1. The van der Waals surface area contributed by atoms with Gasteiger partial charge in [0, 0.05) is 0 Å². The van der Waals surface area contributed by atoms with Gasteiger partial charge in [0.25, 0.3) is 10.0 Å². The van der Waals surface area contributed by atoms with Crippen molar-refractivity contribution >= 4 is 21.7 Å². The maximum absolute atomic E-state index is 12.1. The first-order chi connectivity index (χ1) is 9.03. The second-order valence-corrected chi connectivity index (χ2v) is 5.49. The lowest BCUT2D eigenvalue weighted by atomic mass is 10.2. The average Bonchev–Trinajstić information content (AvgIpc) is 2.41. The summed E-state index contributed by atoms with van der Waals surface area (Å²) in [7, 11) is -3.70. The van der Waals surface area contributed by atoms with E-state index in [-0.39, 0.29) is 10.8 Å². The molecule has 1 heterocycles. The Kier molecular flexibility index (Phi) is 3.63. The van der Waals surface area contributed by atoms with Crippen molar-refractivity contribution in [2.24, 2.45) is 5.84 Å². The van der Waals surface area contributed by atoms with Crippen LogP contribution in [0, 0.1) is 6.92 Å². The van der Waals surface area contributed by atoms with Crippen LogP contribution in [0.4, 0.5) is 11.6 Å². The zero-order valence-electron chi connectivity index (χ0n) is 10.2. The van der Waals surface area contributed by atoms with Gasteiger partial charge in [-0.1, -0.05) is 18.2 Å². The molecule has 100 valence electrons. The number of para-hydroxylation sites is 1. The van der Waals surface area contributed by atoms with Gasteiger partial charge in [0.15, 0.2) is 0 Å². The van der Waals surface area contributed by atoms with E-state index in [1.165, 1.54) is 12.4 Å². The summed E-state index contributed by atoms with van der Waals surface area (Å²) in [6, 6.07) is 7.08. The fourth-order valence-electron chi connectivity index (χ4n) is 1.42. The molecule has 0 fully saturated rings. The second-order valence-electron chi connectivity index (χ2n) is 3.81. The Balaban J connectivity index is 2.30. The minimum absolute atomic E-state index is 0.0326. The van der Waals surface area contributed by atoms with Crippen LogP contribution < -0.4 is 16.0 Å². The number of nitrogens with zero attached hydrogens (tertiary/aromatic N) is 2. The van der Waals surface area contributed by atoms with E-state index in [2.05, 4.69) is 20.1 Å². The van der Waals surface area contributed by atoms with Crippen LogP contribution in [0.2, 0.25) is 0 Å². The first-order valence-electron chi connectivity index (χ1n) is 5.40. The highest BCUT2D eigenvalue weighted by atomic mass is 32.2. The first kappa shape index (κ1) is 13.2. The van der Waals surface area contributed by atoms with Crippen molar-refractivity contribution in [3.8, 4) is 0 Å². The van der Waals surface area contributed by atoms with Crippen molar-refractivity contribution < 1.29 is 8.42 Å². The lowest BCUT2D eigenvalue weighted by Crippen LogP contribution is -2.16. The molecule has 7 nitrogen and oxygen atoms in total. The third-order valence-electron chi connectivity index (χ3n) is 2.46. The van der Waals surface area contributed by atoms with Crippen LogP contribution in [0.3, 0.4) is 0 Å². The number of rotatable bonds is 4. The molecule has 0 atom stereocenters. The van der Waals surface area contributed by atoms with E-state index in [1.807, 2.05) is 19.1 Å². The number of hydrogen-bond donors (Lipinski definition) is 3. The molecule has 0 spiro atoms. The summed E-state index contributed by atoms with van der Waals surface area (Å²) in [4.78, 5) is 7.49. The van der Waals surface area contributed by atoms with Crippen molar-refractivity contribution in [3.63, 3.8) is 0 Å². The zero-order chi connectivity index (χ0) is 13.9. The molecule has 0 amide bonds. The quantitative estimate of drug-likeness (QED) is 0.566. The van der Waals surface area contributed by atoms with Gasteiger partial charge in [0.1, 0.15) is 4.90 Å². The predicted octanol–water partition coefficient (Wildman–Crippen LogP) is 0.871. The highest BCUT2D eigenvalue weighted by Crippen LogP contribution is 2.18. The van der Waals surface area contributed by atoms with Crippen molar-refractivity contribution in [2.45, 2.75) is 11.8 Å². The molecule has 0 unspecified atom stereocenters. The van der Waals surface area contributed by atoms with E-state index in [9.17, 15) is 8.42 Å². The number of nitrogens with two attached hydrogens (primary N) is 1. The lowest BCUT2D eigenvalue weighted by molar-refractivity contribution is 0.600. The summed E-state index contributed by atoms with van der Waals surface area (Å²) in [5.41, 5.74) is 3.57. The minimum atomic E-state index is -3.70. The summed E-state index contributed by atoms with van der Waals surface area (Å²) in [6.07, 6.45) is 2.37. The number of sulfonamides is 1. The van der Waals surface area contributed by atoms with Gasteiger partial charge in [-0.2, -0.15) is 0 Å². The largest absolute Gasteiger partial charge is 0.292 e. The molecule has 0 aliphatic heterocycles. The van der Waals surface area contributed by atoms with Crippen molar-refractivity contribution in [1.82, 2.24) is 9.97 Å². The fraction of sp³-hybridized carbons (Fsp3) is 0.0909. The smallest absolute Gasteiger partial charge is 0.264 e. The topological polar surface area (TPSA) is 110 Å². The molecule has 2 rings (SSSR count). The third-order valence-corrected chi connectivity index (χ3v) is 3.78. The normalized spacial score (nSPS) is 11.1. The molecular formula is C11H13N5O2S. The Hall–Kier alpha value is -2.19. The standard InChI is InChI=1S/C11H13N5O2S/c1-8-4-2-3-5-10(8)16-19(17,18)9-6-13-11(15-12)14-7-9/h2-7,16H,12H2,1H3,(H,13,14,15). The van der Waals surface area contributed by atoms with E-state index in [0.29, 0.717) is 5.69 Å². The van der Waals surface area contributed by atoms with Gasteiger partial charge in [0.2, 0.25) is 5.95 Å². The van der Waals surface area contributed by atoms with Gasteiger partial charge in [0.05, 0.1) is 18.1 Å². The molecule has 2 aromatic rings. The molecule has 0 saturated heterocycles. The van der Waals surface area contributed by atoms with Crippen LogP contribution in [0.15, 0.2) is 41.6 Å². The highest BCUT2D eigenvalue weighted by Gasteiger charge is 2.16. The predicted molar refractivity (Wildman–Crippen MR) is 71.8 cm³/mol. The molecule has 1 aromatic carbocycles. The molecule has 4 N–H and O–H groups in total. The highest BCUT2D eigenvalue weighted by molar-refractivity contribution is 7.92. The molecule has 0 saturated carbocycles. The van der Waals surface area contributed by atoms with Gasteiger partial charge >= 0.3 is 0 Å². The Bertz CT molecular complexity index is 670. The summed E-state index contributed by atoms with van der Waals surface area (Å²) >= 11 is 0. The summed E-state index contributed by atoms with van der Waals surface area (Å²) in [6.45, 7) is 1.82. The Morgan fingerprint density at radius 3 is 2.37 bits per heavy atom. The van der Waals surface area contributed by atoms with Crippen LogP contribution in [-0.4, -0.2) is 18.4 Å². The van der Waals surface area contributed by atoms with Gasteiger partial charge in [-0.05, 0) is 18.6 Å². The summed E-state index contributed by atoms with van der Waals surface area (Å²) in [5.74, 6) is 5.26. The van der Waals surface area contributed by atoms with Gasteiger partial charge < -0.3 is 0 Å². The van der Waals surface area contributed by atoms with Gasteiger partial charge in [-0.3, -0.25) is 10.1 Å². The van der Waals surface area contributed by atoms with Crippen LogP contribution in [-0.2, 0) is 10.0 Å². The number of nitrogens with one attached hydrogen (secondary N) is 2. The number of nitrogen functional groups attached to an aromatic ring is 1. The second kappa shape index (κ2) is 5.21. The van der Waals surface area contributed by atoms with Crippen LogP contribution in [0.5, 0.6) is 0 Å². The van der Waals surface area contributed by atoms with Crippen molar-refractivity contribution in [3.05, 3.63) is 42.2 Å². The number of aromatic nitrogens is 2. The Morgan fingerprint density at radius 1 is 1.16 bits per heavy atom. The molecule has 1 aromatic heterocycles. The van der Waals surface area contributed by atoms with Gasteiger partial charge in [-0.25, -0.2) is 24.2 Å². The fourth-order valence-corrected chi connectivity index (χ4v) is 2.44. The average molecular weight is 279 g/mol. The molecule has 8 heteroatoms. The van der Waals surface area contributed by atoms with E-state index in [0.717, 1.165) is 5.56 Å². The first-order valence-corrected chi connectivity index (χ1v) is 6.88. The van der Waals surface area contributed by atoms with Crippen LogP contribution in [0.25, 0.3) is 0 Å². The van der Waals surface area contributed by atoms with E-state index >= 15 is 0 Å². The maximum Gasteiger partial charge on any atom is 0.264 e. The Morgan fingerprint density at radius 2 is 1.79 bits per heavy atom.